The minimum Gasteiger partial charge on any atom is -0.383 e. The van der Waals surface area contributed by atoms with Crippen LogP contribution in [0, 0.1) is 0 Å². The van der Waals surface area contributed by atoms with Crippen molar-refractivity contribution in [1.29, 1.82) is 0 Å². The minimum absolute atomic E-state index is 0.611. The number of aliphatic imine (C=N–C) groups is 1. The van der Waals surface area contributed by atoms with Crippen molar-refractivity contribution in [2.75, 3.05) is 20.3 Å². The molecular weight excluding hydrogens is 288 g/mol. The molecule has 1 rings (SSSR count). The predicted octanol–water partition coefficient (Wildman–Crippen LogP) is 2.64. The Hall–Kier alpha value is -0.520. The fraction of sp³-hybridized carbons (Fsp3) is 0.364. The molecule has 0 heterocycles. The summed E-state index contributed by atoms with van der Waals surface area (Å²) < 4.78 is 5.98. The van der Waals surface area contributed by atoms with Crippen LogP contribution in [0.15, 0.2) is 33.7 Å². The number of nitrogens with zero attached hydrogens (tertiary/aromatic N) is 1. The van der Waals surface area contributed by atoms with E-state index in [1.807, 2.05) is 12.1 Å². The molecule has 16 heavy (non-hydrogen) atoms. The third-order valence-electron chi connectivity index (χ3n) is 1.86. The number of nitrogens with two attached hydrogens (primary N) is 1. The summed E-state index contributed by atoms with van der Waals surface area (Å²) in [5.41, 5.74) is 6.97. The molecule has 5 heteroatoms. The highest BCUT2D eigenvalue weighted by atomic mass is 79.9. The molecule has 2 N–H and O–H groups in total. The van der Waals surface area contributed by atoms with Crippen LogP contribution in [0.25, 0.3) is 0 Å². The number of thioether (sulfide) groups is 1. The van der Waals surface area contributed by atoms with E-state index in [2.05, 4.69) is 33.1 Å². The molecule has 1 aromatic carbocycles. The monoisotopic (exact) mass is 302 g/mol. The summed E-state index contributed by atoms with van der Waals surface area (Å²) in [6.45, 7) is 1.23. The summed E-state index contributed by atoms with van der Waals surface area (Å²) in [5, 5.41) is 0.611. The van der Waals surface area contributed by atoms with Gasteiger partial charge < -0.3 is 10.5 Å². The van der Waals surface area contributed by atoms with Crippen molar-refractivity contribution in [3.8, 4) is 0 Å². The van der Waals surface area contributed by atoms with Crippen LogP contribution in [0.5, 0.6) is 0 Å². The van der Waals surface area contributed by atoms with Gasteiger partial charge >= 0.3 is 0 Å². The van der Waals surface area contributed by atoms with E-state index in [4.69, 9.17) is 10.5 Å². The van der Waals surface area contributed by atoms with E-state index in [1.165, 1.54) is 5.56 Å². The van der Waals surface area contributed by atoms with Gasteiger partial charge in [0.05, 0.1) is 13.2 Å². The molecule has 0 fully saturated rings. The van der Waals surface area contributed by atoms with Crippen LogP contribution in [0.3, 0.4) is 0 Å². The summed E-state index contributed by atoms with van der Waals surface area (Å²) in [4.78, 5) is 4.17. The molecule has 0 aliphatic heterocycles. The van der Waals surface area contributed by atoms with Crippen molar-refractivity contribution in [3.05, 3.63) is 34.3 Å². The zero-order valence-electron chi connectivity index (χ0n) is 9.15. The molecule has 0 saturated heterocycles. The first-order valence-electron chi connectivity index (χ1n) is 4.88. The Morgan fingerprint density at radius 1 is 1.44 bits per heavy atom. The molecule has 0 radical (unpaired) electrons. The second kappa shape index (κ2) is 7.70. The van der Waals surface area contributed by atoms with Crippen molar-refractivity contribution in [2.45, 2.75) is 5.75 Å². The van der Waals surface area contributed by atoms with Gasteiger partial charge in [0, 0.05) is 17.3 Å². The first-order valence-corrected chi connectivity index (χ1v) is 6.66. The standard InChI is InChI=1S/C11H15BrN2OS/c1-15-7-6-14-11(13)16-8-9-2-4-10(12)5-3-9/h2-5H,6-8H2,1H3,(H2,13,14). The number of halogens is 1. The number of amidine groups is 1. The van der Waals surface area contributed by atoms with Gasteiger partial charge in [-0.1, -0.05) is 39.8 Å². The van der Waals surface area contributed by atoms with E-state index in [1.54, 1.807) is 18.9 Å². The fourth-order valence-corrected chi connectivity index (χ4v) is 1.98. The zero-order valence-corrected chi connectivity index (χ0v) is 11.6. The normalized spacial score (nSPS) is 11.8. The molecule has 0 aliphatic rings. The number of methoxy groups -OCH3 is 1. The van der Waals surface area contributed by atoms with Gasteiger partial charge in [0.2, 0.25) is 0 Å². The lowest BCUT2D eigenvalue weighted by molar-refractivity contribution is 0.208. The van der Waals surface area contributed by atoms with E-state index >= 15 is 0 Å². The van der Waals surface area contributed by atoms with Crippen molar-refractivity contribution >= 4 is 32.9 Å². The Morgan fingerprint density at radius 3 is 2.75 bits per heavy atom. The Kier molecular flexibility index (Phi) is 6.52. The maximum absolute atomic E-state index is 5.74. The summed E-state index contributed by atoms with van der Waals surface area (Å²) in [6, 6.07) is 8.18. The van der Waals surface area contributed by atoms with Crippen molar-refractivity contribution in [2.24, 2.45) is 10.7 Å². The van der Waals surface area contributed by atoms with Gasteiger partial charge in [-0.15, -0.1) is 0 Å². The van der Waals surface area contributed by atoms with Crippen LogP contribution in [0.4, 0.5) is 0 Å². The van der Waals surface area contributed by atoms with Crippen LogP contribution >= 0.6 is 27.7 Å². The molecule has 0 bridgehead atoms. The second-order valence-electron chi connectivity index (χ2n) is 3.13. The number of benzene rings is 1. The van der Waals surface area contributed by atoms with Crippen LogP contribution in [0.1, 0.15) is 5.56 Å². The lowest BCUT2D eigenvalue weighted by Crippen LogP contribution is -2.09. The molecule has 3 nitrogen and oxygen atoms in total. The lowest BCUT2D eigenvalue weighted by atomic mass is 10.2. The smallest absolute Gasteiger partial charge is 0.154 e. The van der Waals surface area contributed by atoms with Crippen LogP contribution < -0.4 is 5.73 Å². The average molecular weight is 303 g/mol. The largest absolute Gasteiger partial charge is 0.383 e. The van der Waals surface area contributed by atoms with Gasteiger partial charge in [-0.05, 0) is 17.7 Å². The van der Waals surface area contributed by atoms with Gasteiger partial charge in [-0.25, -0.2) is 0 Å². The zero-order chi connectivity index (χ0) is 11.8. The summed E-state index contributed by atoms with van der Waals surface area (Å²) in [5.74, 6) is 0.843. The van der Waals surface area contributed by atoms with E-state index in [0.717, 1.165) is 10.2 Å². The third-order valence-corrected chi connectivity index (χ3v) is 3.29. The molecule has 88 valence electrons. The highest BCUT2D eigenvalue weighted by Crippen LogP contribution is 2.15. The van der Waals surface area contributed by atoms with Gasteiger partial charge in [0.25, 0.3) is 0 Å². The van der Waals surface area contributed by atoms with E-state index < -0.39 is 0 Å². The predicted molar refractivity (Wildman–Crippen MR) is 73.8 cm³/mol. The molecule has 0 unspecified atom stereocenters. The van der Waals surface area contributed by atoms with Gasteiger partial charge in [-0.3, -0.25) is 4.99 Å². The molecule has 0 atom stereocenters. The Morgan fingerprint density at radius 2 is 2.12 bits per heavy atom. The van der Waals surface area contributed by atoms with Gasteiger partial charge in [0.15, 0.2) is 5.17 Å². The SMILES string of the molecule is COCCN=C(N)SCc1ccc(Br)cc1. The van der Waals surface area contributed by atoms with E-state index in [0.29, 0.717) is 18.3 Å². The molecule has 0 spiro atoms. The third kappa shape index (κ3) is 5.53. The quantitative estimate of drug-likeness (QED) is 0.517. The molecule has 0 aromatic heterocycles. The number of hydrogen-bond donors (Lipinski definition) is 1. The number of ether oxygens (including phenoxy) is 1. The van der Waals surface area contributed by atoms with Gasteiger partial charge in [0.1, 0.15) is 0 Å². The van der Waals surface area contributed by atoms with E-state index in [9.17, 15) is 0 Å². The molecule has 1 aromatic rings. The Labute approximate surface area is 109 Å². The average Bonchev–Trinajstić information content (AvgIpc) is 2.29. The van der Waals surface area contributed by atoms with Crippen LogP contribution in [-0.2, 0) is 10.5 Å². The maximum atomic E-state index is 5.74. The van der Waals surface area contributed by atoms with Crippen molar-refractivity contribution in [1.82, 2.24) is 0 Å². The number of rotatable bonds is 5. The van der Waals surface area contributed by atoms with E-state index in [-0.39, 0.29) is 0 Å². The highest BCUT2D eigenvalue weighted by Gasteiger charge is 1.96. The first-order chi connectivity index (χ1) is 7.72. The number of hydrogen-bond acceptors (Lipinski definition) is 3. The highest BCUT2D eigenvalue weighted by molar-refractivity contribution is 9.10. The minimum atomic E-state index is 0.611. The Balaban J connectivity index is 2.33. The maximum Gasteiger partial charge on any atom is 0.154 e. The van der Waals surface area contributed by atoms with Gasteiger partial charge in [-0.2, -0.15) is 0 Å². The molecular formula is C11H15BrN2OS. The fourth-order valence-electron chi connectivity index (χ4n) is 1.03. The second-order valence-corrected chi connectivity index (χ2v) is 5.04. The summed E-state index contributed by atoms with van der Waals surface area (Å²) >= 11 is 4.94. The molecule has 0 saturated carbocycles. The molecule has 0 amide bonds. The van der Waals surface area contributed by atoms with Crippen LogP contribution in [-0.4, -0.2) is 25.4 Å². The molecule has 0 aliphatic carbocycles. The Bertz CT molecular complexity index is 340. The first kappa shape index (κ1) is 13.5. The topological polar surface area (TPSA) is 47.6 Å². The lowest BCUT2D eigenvalue weighted by Gasteiger charge is -2.01. The summed E-state index contributed by atoms with van der Waals surface area (Å²) in [7, 11) is 1.65. The van der Waals surface area contributed by atoms with Crippen molar-refractivity contribution in [3.63, 3.8) is 0 Å². The summed E-state index contributed by atoms with van der Waals surface area (Å²) in [6.07, 6.45) is 0. The van der Waals surface area contributed by atoms with Crippen LogP contribution in [0.2, 0.25) is 0 Å². The van der Waals surface area contributed by atoms with Crippen molar-refractivity contribution < 1.29 is 4.74 Å².